The van der Waals surface area contributed by atoms with E-state index in [0.29, 0.717) is 30.0 Å². The number of hydrogen-bond acceptors (Lipinski definition) is 4. The first-order chi connectivity index (χ1) is 9.49. The van der Waals surface area contributed by atoms with Gasteiger partial charge in [-0.05, 0) is 25.8 Å². The highest BCUT2D eigenvalue weighted by molar-refractivity contribution is 5.94. The number of nitrogen functional groups attached to an aromatic ring is 1. The molecule has 20 heavy (non-hydrogen) atoms. The number of likely N-dealkylation sites (tertiary alicyclic amines) is 1. The van der Waals surface area contributed by atoms with Gasteiger partial charge in [-0.25, -0.2) is 4.79 Å². The number of rotatable bonds is 3. The zero-order chi connectivity index (χ0) is 14.7. The van der Waals surface area contributed by atoms with Crippen LogP contribution in [-0.2, 0) is 0 Å². The fourth-order valence-electron chi connectivity index (χ4n) is 2.29. The number of aryl methyl sites for hydroxylation is 1. The van der Waals surface area contributed by atoms with Gasteiger partial charge in [0.15, 0.2) is 0 Å². The zero-order valence-corrected chi connectivity index (χ0v) is 11.3. The number of pyridine rings is 1. The topological polar surface area (TPSA) is 109 Å². The quantitative estimate of drug-likeness (QED) is 0.759. The largest absolute Gasteiger partial charge is 0.465 e. The maximum Gasteiger partial charge on any atom is 0.407 e. The molecule has 4 N–H and O–H groups in total. The highest BCUT2D eigenvalue weighted by Crippen LogP contribution is 2.16. The van der Waals surface area contributed by atoms with Crippen molar-refractivity contribution >= 4 is 17.7 Å². The fraction of sp³-hybridized carbons (Fsp3) is 0.462. The van der Waals surface area contributed by atoms with Crippen molar-refractivity contribution in [3.63, 3.8) is 0 Å². The van der Waals surface area contributed by atoms with E-state index in [4.69, 9.17) is 10.8 Å². The second kappa shape index (κ2) is 5.77. The van der Waals surface area contributed by atoms with Crippen molar-refractivity contribution in [2.45, 2.75) is 25.8 Å². The van der Waals surface area contributed by atoms with E-state index in [-0.39, 0.29) is 11.9 Å². The third kappa shape index (κ3) is 2.98. The summed E-state index contributed by atoms with van der Waals surface area (Å²) < 4.78 is 0. The monoisotopic (exact) mass is 278 g/mol. The minimum atomic E-state index is -0.942. The summed E-state index contributed by atoms with van der Waals surface area (Å²) in [5.41, 5.74) is 7.23. The molecule has 1 aromatic heterocycles. The van der Waals surface area contributed by atoms with Crippen LogP contribution < -0.4 is 11.1 Å². The number of amides is 2. The van der Waals surface area contributed by atoms with E-state index < -0.39 is 6.09 Å². The Balaban J connectivity index is 1.95. The molecule has 1 unspecified atom stereocenters. The second-order valence-corrected chi connectivity index (χ2v) is 4.88. The molecular formula is C13H18N4O3. The summed E-state index contributed by atoms with van der Waals surface area (Å²) in [5, 5.41) is 11.8. The van der Waals surface area contributed by atoms with E-state index in [0.717, 1.165) is 12.8 Å². The zero-order valence-electron chi connectivity index (χ0n) is 11.3. The molecule has 0 radical (unpaired) electrons. The van der Waals surface area contributed by atoms with Crippen LogP contribution in [-0.4, -0.2) is 46.1 Å². The molecule has 7 heteroatoms. The Morgan fingerprint density at radius 2 is 2.35 bits per heavy atom. The molecular weight excluding hydrogens is 260 g/mol. The predicted molar refractivity (Wildman–Crippen MR) is 73.5 cm³/mol. The van der Waals surface area contributed by atoms with Gasteiger partial charge in [-0.2, -0.15) is 0 Å². The standard InChI is InChI=1S/C13H18N4O3/c1-8-11(14)5-9(6-15-8)12(18)16-7-10-3-2-4-17(10)13(19)20/h5-6,10H,2-4,7,14H2,1H3,(H,16,18)(H,19,20). The first kappa shape index (κ1) is 14.1. The Hall–Kier alpha value is -2.31. The molecule has 0 bridgehead atoms. The van der Waals surface area contributed by atoms with Gasteiger partial charge >= 0.3 is 6.09 Å². The van der Waals surface area contributed by atoms with Crippen molar-refractivity contribution in [1.82, 2.24) is 15.2 Å². The fourth-order valence-corrected chi connectivity index (χ4v) is 2.29. The van der Waals surface area contributed by atoms with Crippen LogP contribution in [0.5, 0.6) is 0 Å². The van der Waals surface area contributed by atoms with Gasteiger partial charge in [0.2, 0.25) is 0 Å². The van der Waals surface area contributed by atoms with E-state index >= 15 is 0 Å². The second-order valence-electron chi connectivity index (χ2n) is 4.88. The van der Waals surface area contributed by atoms with E-state index in [1.165, 1.54) is 11.1 Å². The van der Waals surface area contributed by atoms with Crippen LogP contribution in [0, 0.1) is 6.92 Å². The van der Waals surface area contributed by atoms with Gasteiger partial charge in [-0.15, -0.1) is 0 Å². The van der Waals surface area contributed by atoms with Crippen LogP contribution in [0.1, 0.15) is 28.9 Å². The summed E-state index contributed by atoms with van der Waals surface area (Å²) in [4.78, 5) is 28.4. The lowest BCUT2D eigenvalue weighted by atomic mass is 10.2. The van der Waals surface area contributed by atoms with Crippen LogP contribution in [0.3, 0.4) is 0 Å². The molecule has 2 amide bonds. The molecule has 2 heterocycles. The Morgan fingerprint density at radius 1 is 1.60 bits per heavy atom. The number of nitrogens with one attached hydrogen (secondary N) is 1. The van der Waals surface area contributed by atoms with Gasteiger partial charge in [0.1, 0.15) is 0 Å². The number of hydrogen-bond donors (Lipinski definition) is 3. The molecule has 1 aliphatic heterocycles. The highest BCUT2D eigenvalue weighted by Gasteiger charge is 2.28. The molecule has 7 nitrogen and oxygen atoms in total. The molecule has 1 aliphatic rings. The lowest BCUT2D eigenvalue weighted by molar-refractivity contribution is 0.0933. The van der Waals surface area contributed by atoms with Crippen molar-refractivity contribution in [2.75, 3.05) is 18.8 Å². The minimum Gasteiger partial charge on any atom is -0.465 e. The number of carbonyl (C=O) groups excluding carboxylic acids is 1. The van der Waals surface area contributed by atoms with Gasteiger partial charge in [0.05, 0.1) is 23.0 Å². The highest BCUT2D eigenvalue weighted by atomic mass is 16.4. The molecule has 1 saturated heterocycles. The molecule has 0 aliphatic carbocycles. The molecule has 0 saturated carbocycles. The molecule has 108 valence electrons. The van der Waals surface area contributed by atoms with E-state index in [9.17, 15) is 9.59 Å². The normalized spacial score (nSPS) is 18.1. The molecule has 0 spiro atoms. The number of carboxylic acid groups (broad SMARTS) is 1. The number of anilines is 1. The van der Waals surface area contributed by atoms with Crippen LogP contribution >= 0.6 is 0 Å². The van der Waals surface area contributed by atoms with Gasteiger partial charge in [0.25, 0.3) is 5.91 Å². The van der Waals surface area contributed by atoms with Gasteiger partial charge in [-0.3, -0.25) is 9.78 Å². The number of carbonyl (C=O) groups is 2. The number of nitrogens with zero attached hydrogens (tertiary/aromatic N) is 2. The number of nitrogens with two attached hydrogens (primary N) is 1. The third-order valence-corrected chi connectivity index (χ3v) is 3.51. The lowest BCUT2D eigenvalue weighted by Gasteiger charge is -2.21. The van der Waals surface area contributed by atoms with Crippen LogP contribution in [0.2, 0.25) is 0 Å². The summed E-state index contributed by atoms with van der Waals surface area (Å²) in [7, 11) is 0. The van der Waals surface area contributed by atoms with Crippen LogP contribution in [0.15, 0.2) is 12.3 Å². The Bertz CT molecular complexity index is 532. The van der Waals surface area contributed by atoms with Crippen molar-refractivity contribution < 1.29 is 14.7 Å². The maximum atomic E-state index is 12.0. The molecule has 1 atom stereocenters. The minimum absolute atomic E-state index is 0.160. The van der Waals surface area contributed by atoms with Gasteiger partial charge < -0.3 is 21.1 Å². The third-order valence-electron chi connectivity index (χ3n) is 3.51. The van der Waals surface area contributed by atoms with Crippen molar-refractivity contribution in [1.29, 1.82) is 0 Å². The van der Waals surface area contributed by atoms with Crippen molar-refractivity contribution in [3.05, 3.63) is 23.5 Å². The molecule has 2 rings (SSSR count). The summed E-state index contributed by atoms with van der Waals surface area (Å²) >= 11 is 0. The first-order valence-corrected chi connectivity index (χ1v) is 6.49. The summed E-state index contributed by atoms with van der Waals surface area (Å²) in [6.45, 7) is 2.59. The van der Waals surface area contributed by atoms with Crippen molar-refractivity contribution in [3.8, 4) is 0 Å². The average molecular weight is 278 g/mol. The van der Waals surface area contributed by atoms with E-state index in [1.54, 1.807) is 13.0 Å². The Labute approximate surface area is 116 Å². The number of aromatic nitrogens is 1. The van der Waals surface area contributed by atoms with E-state index in [1.807, 2.05) is 0 Å². The maximum absolute atomic E-state index is 12.0. The van der Waals surface area contributed by atoms with Gasteiger partial charge in [-0.1, -0.05) is 0 Å². The molecule has 1 fully saturated rings. The lowest BCUT2D eigenvalue weighted by Crippen LogP contribution is -2.42. The SMILES string of the molecule is Cc1ncc(C(=O)NCC2CCCN2C(=O)O)cc1N. The Morgan fingerprint density at radius 3 is 3.00 bits per heavy atom. The van der Waals surface area contributed by atoms with Crippen LogP contribution in [0.25, 0.3) is 0 Å². The summed E-state index contributed by atoms with van der Waals surface area (Å²) in [6, 6.07) is 1.41. The van der Waals surface area contributed by atoms with Crippen LogP contribution in [0.4, 0.5) is 10.5 Å². The first-order valence-electron chi connectivity index (χ1n) is 6.49. The summed E-state index contributed by atoms with van der Waals surface area (Å²) in [6.07, 6.45) is 2.11. The predicted octanol–water partition coefficient (Wildman–Crippen LogP) is 0.844. The Kier molecular flexibility index (Phi) is 4.07. The summed E-state index contributed by atoms with van der Waals surface area (Å²) in [5.74, 6) is -0.290. The molecule has 1 aromatic rings. The average Bonchev–Trinajstić information content (AvgIpc) is 2.87. The molecule has 0 aromatic carbocycles. The van der Waals surface area contributed by atoms with E-state index in [2.05, 4.69) is 10.3 Å². The van der Waals surface area contributed by atoms with Crippen molar-refractivity contribution in [2.24, 2.45) is 0 Å². The smallest absolute Gasteiger partial charge is 0.407 e. The van der Waals surface area contributed by atoms with Gasteiger partial charge in [0, 0.05) is 19.3 Å².